The molecular formula is C22H27BrN4O4. The van der Waals surface area contributed by atoms with Crippen LogP contribution in [0.1, 0.15) is 23.3 Å². The molecule has 0 bridgehead atoms. The van der Waals surface area contributed by atoms with Crippen LogP contribution in [0.4, 0.5) is 0 Å². The van der Waals surface area contributed by atoms with Gasteiger partial charge in [0.2, 0.25) is 5.91 Å². The van der Waals surface area contributed by atoms with Crippen LogP contribution in [0.5, 0.6) is 5.75 Å². The van der Waals surface area contributed by atoms with Gasteiger partial charge in [0.05, 0.1) is 13.2 Å². The highest BCUT2D eigenvalue weighted by atomic mass is 79.9. The van der Waals surface area contributed by atoms with Crippen LogP contribution in [-0.2, 0) is 16.6 Å². The summed E-state index contributed by atoms with van der Waals surface area (Å²) in [4.78, 5) is 29.5. The van der Waals surface area contributed by atoms with Crippen molar-refractivity contribution in [2.24, 2.45) is 13.0 Å². The van der Waals surface area contributed by atoms with Gasteiger partial charge < -0.3 is 19.3 Å². The van der Waals surface area contributed by atoms with E-state index in [1.807, 2.05) is 29.2 Å². The van der Waals surface area contributed by atoms with Crippen molar-refractivity contribution in [1.82, 2.24) is 19.6 Å². The third-order valence-corrected chi connectivity index (χ3v) is 6.26. The fourth-order valence-electron chi connectivity index (χ4n) is 4.12. The fraction of sp³-hybridized carbons (Fsp3) is 0.500. The number of piperidine rings is 1. The Morgan fingerprint density at radius 2 is 2.00 bits per heavy atom. The zero-order valence-corrected chi connectivity index (χ0v) is 19.2. The van der Waals surface area contributed by atoms with Gasteiger partial charge in [0.15, 0.2) is 0 Å². The Morgan fingerprint density at radius 1 is 1.19 bits per heavy atom. The van der Waals surface area contributed by atoms with Gasteiger partial charge in [-0.05, 0) is 24.3 Å². The summed E-state index contributed by atoms with van der Waals surface area (Å²) in [6.45, 7) is 3.39. The van der Waals surface area contributed by atoms with Gasteiger partial charge in [0.25, 0.3) is 5.91 Å². The van der Waals surface area contributed by atoms with Crippen LogP contribution in [-0.4, -0.2) is 76.9 Å². The van der Waals surface area contributed by atoms with Crippen LogP contribution in [0.25, 0.3) is 0 Å². The SMILES string of the molecule is Cn1ccc(C(=O)N2CC[C@H](Oc3cccc(Br)c3)[C@@H](CC(=O)N3CCOCC3)C2)n1. The highest BCUT2D eigenvalue weighted by molar-refractivity contribution is 9.10. The van der Waals surface area contributed by atoms with Crippen LogP contribution in [0.3, 0.4) is 0 Å². The normalized spacial score (nSPS) is 21.7. The first-order valence-electron chi connectivity index (χ1n) is 10.6. The monoisotopic (exact) mass is 490 g/mol. The Kier molecular flexibility index (Phi) is 6.92. The summed E-state index contributed by atoms with van der Waals surface area (Å²) in [5, 5.41) is 4.24. The van der Waals surface area contributed by atoms with E-state index in [0.29, 0.717) is 57.9 Å². The molecule has 2 saturated heterocycles. The second kappa shape index (κ2) is 9.82. The second-order valence-corrected chi connectivity index (χ2v) is 8.90. The Hall–Kier alpha value is -2.39. The molecule has 0 spiro atoms. The zero-order chi connectivity index (χ0) is 21.8. The molecule has 1 aromatic heterocycles. The number of aryl methyl sites for hydroxylation is 1. The third kappa shape index (κ3) is 5.46. The molecule has 0 saturated carbocycles. The third-order valence-electron chi connectivity index (χ3n) is 5.77. The molecule has 0 N–H and O–H groups in total. The van der Waals surface area contributed by atoms with Crippen molar-refractivity contribution in [3.05, 3.63) is 46.7 Å². The first-order valence-corrected chi connectivity index (χ1v) is 11.4. The average molecular weight is 491 g/mol. The lowest BCUT2D eigenvalue weighted by atomic mass is 9.90. The number of hydrogen-bond acceptors (Lipinski definition) is 5. The Morgan fingerprint density at radius 3 is 2.71 bits per heavy atom. The van der Waals surface area contributed by atoms with E-state index in [1.54, 1.807) is 28.9 Å². The van der Waals surface area contributed by atoms with Gasteiger partial charge in [0, 0.05) is 62.7 Å². The van der Waals surface area contributed by atoms with Crippen molar-refractivity contribution in [3.63, 3.8) is 0 Å². The van der Waals surface area contributed by atoms with Gasteiger partial charge in [-0.1, -0.05) is 22.0 Å². The summed E-state index contributed by atoms with van der Waals surface area (Å²) < 4.78 is 14.2. The number of aromatic nitrogens is 2. The minimum Gasteiger partial charge on any atom is -0.490 e. The number of morpholine rings is 1. The standard InChI is InChI=1S/C22H27BrN4O4/c1-25-7-5-19(24-25)22(29)27-8-6-20(31-18-4-2-3-17(23)14-18)16(15-27)13-21(28)26-9-11-30-12-10-26/h2-5,7,14,16,20H,6,8-13,15H2,1H3/t16-,20-/m0/s1. The molecule has 9 heteroatoms. The van der Waals surface area contributed by atoms with Crippen LogP contribution in [0.2, 0.25) is 0 Å². The topological polar surface area (TPSA) is 76.9 Å². The van der Waals surface area contributed by atoms with Crippen molar-refractivity contribution in [1.29, 1.82) is 0 Å². The highest BCUT2D eigenvalue weighted by Gasteiger charge is 2.36. The number of hydrogen-bond donors (Lipinski definition) is 0. The molecule has 31 heavy (non-hydrogen) atoms. The molecule has 2 aromatic rings. The summed E-state index contributed by atoms with van der Waals surface area (Å²) in [5.74, 6) is 0.636. The number of rotatable bonds is 5. The molecule has 1 aromatic carbocycles. The summed E-state index contributed by atoms with van der Waals surface area (Å²) in [5.41, 5.74) is 0.423. The minimum absolute atomic E-state index is 0.0864. The molecule has 0 unspecified atom stereocenters. The van der Waals surface area contributed by atoms with Crippen LogP contribution < -0.4 is 4.74 Å². The minimum atomic E-state index is -0.146. The molecule has 2 fully saturated rings. The summed E-state index contributed by atoms with van der Waals surface area (Å²) >= 11 is 3.48. The maximum Gasteiger partial charge on any atom is 0.274 e. The molecule has 2 atom stereocenters. The lowest BCUT2D eigenvalue weighted by molar-refractivity contribution is -0.137. The second-order valence-electron chi connectivity index (χ2n) is 7.99. The van der Waals surface area contributed by atoms with E-state index < -0.39 is 0 Å². The van der Waals surface area contributed by atoms with Crippen LogP contribution in [0.15, 0.2) is 41.0 Å². The van der Waals surface area contributed by atoms with E-state index in [1.165, 1.54) is 0 Å². The van der Waals surface area contributed by atoms with Gasteiger partial charge in [-0.25, -0.2) is 0 Å². The van der Waals surface area contributed by atoms with Gasteiger partial charge in [-0.2, -0.15) is 5.10 Å². The molecular weight excluding hydrogens is 464 g/mol. The first-order chi connectivity index (χ1) is 15.0. The van der Waals surface area contributed by atoms with E-state index >= 15 is 0 Å². The fourth-order valence-corrected chi connectivity index (χ4v) is 4.50. The average Bonchev–Trinajstić information content (AvgIpc) is 3.21. The Bertz CT molecular complexity index is 928. The number of ether oxygens (including phenoxy) is 2. The number of carbonyl (C=O) groups is 2. The number of halogens is 1. The first kappa shape index (κ1) is 21.8. The summed E-state index contributed by atoms with van der Waals surface area (Å²) in [6.07, 6.45) is 2.61. The Labute approximate surface area is 190 Å². The maximum absolute atomic E-state index is 13.0. The molecule has 0 aliphatic carbocycles. The molecule has 2 aliphatic heterocycles. The molecule has 8 nitrogen and oxygen atoms in total. The van der Waals surface area contributed by atoms with Gasteiger partial charge >= 0.3 is 0 Å². The number of benzene rings is 1. The lowest BCUT2D eigenvalue weighted by Crippen LogP contribution is -2.50. The van der Waals surface area contributed by atoms with E-state index in [2.05, 4.69) is 21.0 Å². The number of amides is 2. The van der Waals surface area contributed by atoms with Crippen LogP contribution in [0, 0.1) is 5.92 Å². The lowest BCUT2D eigenvalue weighted by Gasteiger charge is -2.39. The molecule has 166 valence electrons. The van der Waals surface area contributed by atoms with Crippen molar-refractivity contribution in [2.75, 3.05) is 39.4 Å². The van der Waals surface area contributed by atoms with E-state index in [-0.39, 0.29) is 23.8 Å². The highest BCUT2D eigenvalue weighted by Crippen LogP contribution is 2.28. The molecule has 4 rings (SSSR count). The molecule has 0 radical (unpaired) electrons. The zero-order valence-electron chi connectivity index (χ0n) is 17.6. The summed E-state index contributed by atoms with van der Waals surface area (Å²) in [7, 11) is 1.79. The summed E-state index contributed by atoms with van der Waals surface area (Å²) in [6, 6.07) is 9.43. The Balaban J connectivity index is 1.48. The van der Waals surface area contributed by atoms with Crippen LogP contribution >= 0.6 is 15.9 Å². The predicted molar refractivity (Wildman–Crippen MR) is 118 cm³/mol. The van der Waals surface area contributed by atoms with Gasteiger partial charge in [0.1, 0.15) is 17.5 Å². The largest absolute Gasteiger partial charge is 0.490 e. The van der Waals surface area contributed by atoms with Gasteiger partial charge in [-0.3, -0.25) is 14.3 Å². The molecule has 2 amide bonds. The predicted octanol–water partition coefficient (Wildman–Crippen LogP) is 2.34. The van der Waals surface area contributed by atoms with Crippen molar-refractivity contribution in [3.8, 4) is 5.75 Å². The maximum atomic E-state index is 13.0. The quantitative estimate of drug-likeness (QED) is 0.642. The molecule has 2 aliphatic rings. The smallest absolute Gasteiger partial charge is 0.274 e. The van der Waals surface area contributed by atoms with Crippen molar-refractivity contribution < 1.29 is 19.1 Å². The van der Waals surface area contributed by atoms with E-state index in [0.717, 1.165) is 10.2 Å². The number of nitrogens with zero attached hydrogens (tertiary/aromatic N) is 4. The number of likely N-dealkylation sites (tertiary alicyclic amines) is 1. The van der Waals surface area contributed by atoms with Crippen molar-refractivity contribution >= 4 is 27.7 Å². The number of carbonyl (C=O) groups excluding carboxylic acids is 2. The van der Waals surface area contributed by atoms with E-state index in [9.17, 15) is 9.59 Å². The van der Waals surface area contributed by atoms with Gasteiger partial charge in [-0.15, -0.1) is 0 Å². The van der Waals surface area contributed by atoms with Crippen molar-refractivity contribution in [2.45, 2.75) is 18.9 Å². The van der Waals surface area contributed by atoms with E-state index in [4.69, 9.17) is 9.47 Å². The molecule has 3 heterocycles.